The van der Waals surface area contributed by atoms with Gasteiger partial charge in [-0.2, -0.15) is 0 Å². The molecule has 2 aliphatic rings. The third kappa shape index (κ3) is 4.85. The molecule has 0 spiro atoms. The molecule has 3 aromatic carbocycles. The second-order valence-electron chi connectivity index (χ2n) is 9.84. The molecule has 1 saturated heterocycles. The van der Waals surface area contributed by atoms with Crippen LogP contribution in [0.3, 0.4) is 0 Å². The fourth-order valence-electron chi connectivity index (χ4n) is 5.54. The normalized spacial score (nSPS) is 17.9. The lowest BCUT2D eigenvalue weighted by Crippen LogP contribution is -2.45. The number of allylic oxidation sites excluding steroid dienone is 3. The van der Waals surface area contributed by atoms with Crippen molar-refractivity contribution in [2.24, 2.45) is 0 Å². The Labute approximate surface area is 217 Å². The minimum absolute atomic E-state index is 0.00279. The lowest BCUT2D eigenvalue weighted by molar-refractivity contribution is 0.134. The number of halogens is 1. The standard InChI is InChI=1S/C33H30FN3/c1-24-21-31-33(27-14-16-30(34)17-15-27)37(23-29-10-5-9-26-11-6-18-35-32(26)29)20-19-36(31)22-28(24)13-12-25-7-3-2-4-8-25/h2-11,14-18,21-22,33H,1,12-13,19-20,23H2. The summed E-state index contributed by atoms with van der Waals surface area (Å²) in [5.41, 5.74) is 8.19. The largest absolute Gasteiger partial charge is 0.348 e. The molecule has 0 amide bonds. The Morgan fingerprint density at radius 1 is 0.865 bits per heavy atom. The zero-order valence-electron chi connectivity index (χ0n) is 20.9. The highest BCUT2D eigenvalue weighted by Gasteiger charge is 2.34. The van der Waals surface area contributed by atoms with Gasteiger partial charge in [0.25, 0.3) is 0 Å². The van der Waals surface area contributed by atoms with Crippen LogP contribution in [0, 0.1) is 5.82 Å². The average Bonchev–Trinajstić information content (AvgIpc) is 2.93. The van der Waals surface area contributed by atoms with E-state index < -0.39 is 0 Å². The monoisotopic (exact) mass is 487 g/mol. The lowest BCUT2D eigenvalue weighted by Gasteiger charge is -2.45. The van der Waals surface area contributed by atoms with Gasteiger partial charge in [-0.3, -0.25) is 9.88 Å². The van der Waals surface area contributed by atoms with Crippen molar-refractivity contribution < 1.29 is 4.39 Å². The number of aryl methyl sites for hydroxylation is 1. The van der Waals surface area contributed by atoms with Gasteiger partial charge in [0, 0.05) is 43.1 Å². The Morgan fingerprint density at radius 3 is 2.51 bits per heavy atom. The number of fused-ring (bicyclic) bond motifs is 2. The van der Waals surface area contributed by atoms with Crippen LogP contribution in [0.15, 0.2) is 127 Å². The van der Waals surface area contributed by atoms with E-state index in [4.69, 9.17) is 0 Å². The van der Waals surface area contributed by atoms with Crippen LogP contribution < -0.4 is 0 Å². The van der Waals surface area contributed by atoms with E-state index in [2.05, 4.69) is 88.2 Å². The van der Waals surface area contributed by atoms with Gasteiger partial charge in [0.1, 0.15) is 5.82 Å². The molecule has 1 atom stereocenters. The summed E-state index contributed by atoms with van der Waals surface area (Å²) in [6, 6.07) is 28.0. The van der Waals surface area contributed by atoms with Gasteiger partial charge in [-0.25, -0.2) is 4.39 Å². The zero-order valence-corrected chi connectivity index (χ0v) is 20.9. The number of nitrogens with zero attached hydrogens (tertiary/aromatic N) is 3. The fraction of sp³-hybridized carbons (Fsp3) is 0.182. The number of para-hydroxylation sites is 1. The summed E-state index contributed by atoms with van der Waals surface area (Å²) in [5, 5.41) is 1.15. The van der Waals surface area contributed by atoms with Crippen LogP contribution in [0.2, 0.25) is 0 Å². The van der Waals surface area contributed by atoms with Crippen LogP contribution in [0.25, 0.3) is 10.9 Å². The van der Waals surface area contributed by atoms with Crippen molar-refractivity contribution in [2.45, 2.75) is 25.4 Å². The predicted molar refractivity (Wildman–Crippen MR) is 148 cm³/mol. The minimum atomic E-state index is -0.216. The first-order valence-corrected chi connectivity index (χ1v) is 12.9. The third-order valence-corrected chi connectivity index (χ3v) is 7.45. The highest BCUT2D eigenvalue weighted by Crippen LogP contribution is 2.40. The van der Waals surface area contributed by atoms with Crippen molar-refractivity contribution in [3.63, 3.8) is 0 Å². The molecule has 0 radical (unpaired) electrons. The summed E-state index contributed by atoms with van der Waals surface area (Å²) in [6.07, 6.45) is 8.33. The predicted octanol–water partition coefficient (Wildman–Crippen LogP) is 7.20. The number of rotatable bonds is 6. The van der Waals surface area contributed by atoms with Gasteiger partial charge in [0.15, 0.2) is 0 Å². The van der Waals surface area contributed by atoms with Crippen LogP contribution in [0.4, 0.5) is 4.39 Å². The molecule has 0 bridgehead atoms. The second-order valence-corrected chi connectivity index (χ2v) is 9.84. The van der Waals surface area contributed by atoms with Gasteiger partial charge in [0.05, 0.1) is 11.6 Å². The van der Waals surface area contributed by atoms with Crippen molar-refractivity contribution in [2.75, 3.05) is 13.1 Å². The third-order valence-electron chi connectivity index (χ3n) is 7.45. The smallest absolute Gasteiger partial charge is 0.123 e. The van der Waals surface area contributed by atoms with E-state index in [0.717, 1.165) is 54.5 Å². The average molecular weight is 488 g/mol. The van der Waals surface area contributed by atoms with E-state index in [1.807, 2.05) is 24.4 Å². The van der Waals surface area contributed by atoms with Crippen LogP contribution in [0.1, 0.15) is 29.2 Å². The first-order valence-electron chi connectivity index (χ1n) is 12.9. The molecule has 6 rings (SSSR count). The van der Waals surface area contributed by atoms with E-state index in [0.29, 0.717) is 0 Å². The second kappa shape index (κ2) is 10.2. The van der Waals surface area contributed by atoms with E-state index in [9.17, 15) is 4.39 Å². The maximum atomic E-state index is 13.9. The maximum Gasteiger partial charge on any atom is 0.123 e. The Bertz CT molecular complexity index is 1480. The van der Waals surface area contributed by atoms with E-state index in [-0.39, 0.29) is 11.9 Å². The van der Waals surface area contributed by atoms with Crippen LogP contribution in [-0.2, 0) is 13.0 Å². The first kappa shape index (κ1) is 23.4. The Kier molecular flexibility index (Phi) is 6.42. The number of piperazine rings is 1. The molecule has 1 aromatic heterocycles. The molecular weight excluding hydrogens is 457 g/mol. The molecule has 0 saturated carbocycles. The Hall–Kier alpha value is -4.02. The minimum Gasteiger partial charge on any atom is -0.348 e. The van der Waals surface area contributed by atoms with Crippen molar-refractivity contribution >= 4 is 10.9 Å². The fourth-order valence-corrected chi connectivity index (χ4v) is 5.54. The molecule has 37 heavy (non-hydrogen) atoms. The highest BCUT2D eigenvalue weighted by molar-refractivity contribution is 5.81. The molecule has 2 aliphatic heterocycles. The van der Waals surface area contributed by atoms with Crippen molar-refractivity contribution in [1.82, 2.24) is 14.8 Å². The van der Waals surface area contributed by atoms with E-state index >= 15 is 0 Å². The molecule has 1 fully saturated rings. The zero-order chi connectivity index (χ0) is 25.2. The number of aromatic nitrogens is 1. The summed E-state index contributed by atoms with van der Waals surface area (Å²) in [4.78, 5) is 9.54. The highest BCUT2D eigenvalue weighted by atomic mass is 19.1. The molecule has 0 N–H and O–H groups in total. The lowest BCUT2D eigenvalue weighted by atomic mass is 9.90. The molecule has 184 valence electrons. The number of hydrogen-bond acceptors (Lipinski definition) is 3. The van der Waals surface area contributed by atoms with Crippen molar-refractivity contribution in [1.29, 1.82) is 0 Å². The topological polar surface area (TPSA) is 19.4 Å². The molecule has 4 heteroatoms. The molecule has 3 nitrogen and oxygen atoms in total. The molecule has 3 heterocycles. The molecule has 4 aromatic rings. The maximum absolute atomic E-state index is 13.9. The number of pyridine rings is 1. The van der Waals surface area contributed by atoms with Gasteiger partial charge in [-0.15, -0.1) is 0 Å². The summed E-state index contributed by atoms with van der Waals surface area (Å²) in [5.74, 6) is -0.216. The quantitative estimate of drug-likeness (QED) is 0.287. The van der Waals surface area contributed by atoms with Crippen molar-refractivity contribution in [3.8, 4) is 0 Å². The van der Waals surface area contributed by atoms with Gasteiger partial charge in [-0.1, -0.05) is 73.3 Å². The summed E-state index contributed by atoms with van der Waals surface area (Å²) in [7, 11) is 0. The van der Waals surface area contributed by atoms with Crippen LogP contribution in [0.5, 0.6) is 0 Å². The molecule has 0 aliphatic carbocycles. The number of benzene rings is 3. The van der Waals surface area contributed by atoms with Crippen molar-refractivity contribution in [3.05, 3.63) is 149 Å². The Balaban J connectivity index is 1.31. The number of hydrogen-bond donors (Lipinski definition) is 0. The van der Waals surface area contributed by atoms with Gasteiger partial charge < -0.3 is 4.90 Å². The van der Waals surface area contributed by atoms with Gasteiger partial charge in [0.2, 0.25) is 0 Å². The van der Waals surface area contributed by atoms with E-state index in [1.165, 1.54) is 22.4 Å². The summed E-state index contributed by atoms with van der Waals surface area (Å²) < 4.78 is 13.9. The van der Waals surface area contributed by atoms with Crippen LogP contribution in [-0.4, -0.2) is 27.9 Å². The first-order chi connectivity index (χ1) is 18.2. The summed E-state index contributed by atoms with van der Waals surface area (Å²) >= 11 is 0. The SMILES string of the molecule is C=C1C=C2C(c3ccc(F)cc3)N(Cc3cccc4cccnc34)CCN2C=C1CCc1ccccc1. The molecular formula is C33H30FN3. The van der Waals surface area contributed by atoms with Gasteiger partial charge >= 0.3 is 0 Å². The molecule has 1 unspecified atom stereocenters. The van der Waals surface area contributed by atoms with Gasteiger partial charge in [-0.05, 0) is 65.0 Å². The summed E-state index contributed by atoms with van der Waals surface area (Å²) in [6.45, 7) is 6.97. The van der Waals surface area contributed by atoms with E-state index in [1.54, 1.807) is 12.1 Å². The Morgan fingerprint density at radius 2 is 1.68 bits per heavy atom. The van der Waals surface area contributed by atoms with Crippen LogP contribution >= 0.6 is 0 Å².